The Labute approximate surface area is 74.1 Å². The molecule has 0 aromatic heterocycles. The van der Waals surface area contributed by atoms with Crippen LogP contribution in [0.5, 0.6) is 0 Å². The summed E-state index contributed by atoms with van der Waals surface area (Å²) in [6, 6.07) is 0. The van der Waals surface area contributed by atoms with Gasteiger partial charge in [0.05, 0.1) is 6.54 Å². The second-order valence-corrected chi connectivity index (χ2v) is 2.94. The molecule has 0 aliphatic carbocycles. The normalized spacial score (nSPS) is 15.6. The number of rotatable bonds is 5. The highest BCUT2D eigenvalue weighted by Crippen LogP contribution is 2.12. The third kappa shape index (κ3) is 2.22. The lowest BCUT2D eigenvalue weighted by molar-refractivity contribution is 0.698. The molecule has 2 heteroatoms. The van der Waals surface area contributed by atoms with Crippen molar-refractivity contribution < 1.29 is 0 Å². The number of nitrogens with zero attached hydrogens (tertiary/aromatic N) is 1. The Hall–Kier alpha value is -1.05. The van der Waals surface area contributed by atoms with E-state index in [1.165, 1.54) is 0 Å². The largest absolute Gasteiger partial charge is 0.372 e. The molecule has 2 nitrogen and oxygen atoms in total. The lowest BCUT2D eigenvalue weighted by Gasteiger charge is -2.12. The Balaban J connectivity index is 2.50. The van der Waals surface area contributed by atoms with Gasteiger partial charge in [0.15, 0.2) is 0 Å². The number of allylic oxidation sites excluding steroid dienone is 2. The molecule has 0 aromatic carbocycles. The first-order valence-electron chi connectivity index (χ1n) is 4.38. The molecular formula is C10H16N2. The Morgan fingerprint density at radius 1 is 1.42 bits per heavy atom. The molecule has 1 heterocycles. The second-order valence-electron chi connectivity index (χ2n) is 2.94. The molecule has 0 saturated heterocycles. The van der Waals surface area contributed by atoms with Gasteiger partial charge in [-0.1, -0.05) is 12.2 Å². The quantitative estimate of drug-likeness (QED) is 0.615. The van der Waals surface area contributed by atoms with Crippen molar-refractivity contribution in [2.45, 2.75) is 12.8 Å². The molecule has 0 amide bonds. The summed E-state index contributed by atoms with van der Waals surface area (Å²) in [5.74, 6) is 1.61. The molecule has 0 unspecified atom stereocenters. The molecule has 1 aliphatic heterocycles. The minimum Gasteiger partial charge on any atom is -0.372 e. The topological polar surface area (TPSA) is 24.4 Å². The summed E-state index contributed by atoms with van der Waals surface area (Å²) in [6.07, 6.45) is 5.85. The van der Waals surface area contributed by atoms with Crippen LogP contribution in [0.15, 0.2) is 30.3 Å². The molecule has 0 aromatic rings. The van der Waals surface area contributed by atoms with Gasteiger partial charge in [-0.15, -0.1) is 13.2 Å². The highest BCUT2D eigenvalue weighted by atomic mass is 15.1. The molecule has 66 valence electrons. The van der Waals surface area contributed by atoms with Gasteiger partial charge in [0.1, 0.15) is 5.84 Å². The van der Waals surface area contributed by atoms with Crippen molar-refractivity contribution >= 4 is 5.84 Å². The summed E-state index contributed by atoms with van der Waals surface area (Å²) in [4.78, 5) is 4.38. The molecule has 0 radical (unpaired) electrons. The fourth-order valence-corrected chi connectivity index (χ4v) is 1.41. The van der Waals surface area contributed by atoms with Gasteiger partial charge >= 0.3 is 0 Å². The monoisotopic (exact) mass is 164 g/mol. The van der Waals surface area contributed by atoms with Crippen LogP contribution in [0, 0.1) is 5.92 Å². The first-order valence-corrected chi connectivity index (χ1v) is 4.38. The fraction of sp³-hybridized carbons (Fsp3) is 0.500. The lowest BCUT2D eigenvalue weighted by Crippen LogP contribution is -2.26. The van der Waals surface area contributed by atoms with E-state index in [0.717, 1.165) is 31.8 Å². The third-order valence-electron chi connectivity index (χ3n) is 1.99. The van der Waals surface area contributed by atoms with Crippen LogP contribution >= 0.6 is 0 Å². The highest BCUT2D eigenvalue weighted by molar-refractivity contribution is 5.86. The van der Waals surface area contributed by atoms with Gasteiger partial charge in [0, 0.05) is 12.5 Å². The number of nitrogens with one attached hydrogen (secondary N) is 1. The summed E-state index contributed by atoms with van der Waals surface area (Å²) in [5, 5.41) is 3.28. The average Bonchev–Trinajstić information content (AvgIpc) is 2.56. The van der Waals surface area contributed by atoms with Crippen molar-refractivity contribution in [1.29, 1.82) is 0 Å². The van der Waals surface area contributed by atoms with Crippen molar-refractivity contribution in [3.8, 4) is 0 Å². The van der Waals surface area contributed by atoms with Gasteiger partial charge in [0.25, 0.3) is 0 Å². The van der Waals surface area contributed by atoms with E-state index in [1.807, 2.05) is 12.2 Å². The maximum absolute atomic E-state index is 4.38. The molecular weight excluding hydrogens is 148 g/mol. The Bertz CT molecular complexity index is 184. The predicted molar refractivity (Wildman–Crippen MR) is 53.4 cm³/mol. The molecule has 1 N–H and O–H groups in total. The second kappa shape index (κ2) is 4.75. The van der Waals surface area contributed by atoms with Gasteiger partial charge in [-0.3, -0.25) is 4.99 Å². The zero-order chi connectivity index (χ0) is 8.81. The van der Waals surface area contributed by atoms with Crippen LogP contribution < -0.4 is 5.32 Å². The minimum atomic E-state index is 0.475. The average molecular weight is 164 g/mol. The smallest absolute Gasteiger partial charge is 0.100 e. The van der Waals surface area contributed by atoms with Gasteiger partial charge in [0.2, 0.25) is 0 Å². The molecule has 0 fully saturated rings. The number of aliphatic imine (C=N–C) groups is 1. The SMILES string of the molecule is C=CCC(CC=C)C1=NCCN1. The maximum Gasteiger partial charge on any atom is 0.100 e. The van der Waals surface area contributed by atoms with E-state index in [1.54, 1.807) is 0 Å². The van der Waals surface area contributed by atoms with Crippen molar-refractivity contribution in [1.82, 2.24) is 5.32 Å². The first kappa shape index (κ1) is 9.04. The van der Waals surface area contributed by atoms with E-state index in [-0.39, 0.29) is 0 Å². The van der Waals surface area contributed by atoms with E-state index in [2.05, 4.69) is 23.5 Å². The highest BCUT2D eigenvalue weighted by Gasteiger charge is 2.15. The third-order valence-corrected chi connectivity index (χ3v) is 1.99. The Kier molecular flexibility index (Phi) is 3.58. The first-order chi connectivity index (χ1) is 5.88. The zero-order valence-corrected chi connectivity index (χ0v) is 7.42. The van der Waals surface area contributed by atoms with Crippen LogP contribution in [0.3, 0.4) is 0 Å². The van der Waals surface area contributed by atoms with Crippen LogP contribution in [0.25, 0.3) is 0 Å². The van der Waals surface area contributed by atoms with Crippen molar-refractivity contribution in [2.24, 2.45) is 10.9 Å². The maximum atomic E-state index is 4.38. The van der Waals surface area contributed by atoms with E-state index < -0.39 is 0 Å². The van der Waals surface area contributed by atoms with E-state index in [4.69, 9.17) is 0 Å². The zero-order valence-electron chi connectivity index (χ0n) is 7.42. The van der Waals surface area contributed by atoms with Gasteiger partial charge < -0.3 is 5.32 Å². The molecule has 12 heavy (non-hydrogen) atoms. The summed E-state index contributed by atoms with van der Waals surface area (Å²) < 4.78 is 0. The van der Waals surface area contributed by atoms with Crippen LogP contribution in [0.1, 0.15) is 12.8 Å². The van der Waals surface area contributed by atoms with Gasteiger partial charge in [-0.25, -0.2) is 0 Å². The standard InChI is InChI=1S/C10H16N2/c1-3-5-9(6-4-2)10-11-7-8-12-10/h3-4,9H,1-2,5-8H2,(H,11,12). The minimum absolute atomic E-state index is 0.475. The number of amidine groups is 1. The van der Waals surface area contributed by atoms with E-state index in [9.17, 15) is 0 Å². The Morgan fingerprint density at radius 2 is 2.08 bits per heavy atom. The molecule has 0 saturated carbocycles. The van der Waals surface area contributed by atoms with Crippen LogP contribution in [0.4, 0.5) is 0 Å². The van der Waals surface area contributed by atoms with Crippen molar-refractivity contribution in [3.63, 3.8) is 0 Å². The van der Waals surface area contributed by atoms with E-state index in [0.29, 0.717) is 5.92 Å². The summed E-state index contributed by atoms with van der Waals surface area (Å²) in [5.41, 5.74) is 0. The van der Waals surface area contributed by atoms with Crippen molar-refractivity contribution in [3.05, 3.63) is 25.3 Å². The fourth-order valence-electron chi connectivity index (χ4n) is 1.41. The molecule has 0 spiro atoms. The lowest BCUT2D eigenvalue weighted by atomic mass is 10.0. The summed E-state index contributed by atoms with van der Waals surface area (Å²) in [6.45, 7) is 9.38. The molecule has 0 bridgehead atoms. The number of hydrogen-bond donors (Lipinski definition) is 1. The summed E-state index contributed by atoms with van der Waals surface area (Å²) in [7, 11) is 0. The van der Waals surface area contributed by atoms with Crippen molar-refractivity contribution in [2.75, 3.05) is 13.1 Å². The molecule has 1 aliphatic rings. The van der Waals surface area contributed by atoms with Crippen LogP contribution in [0.2, 0.25) is 0 Å². The molecule has 0 atom stereocenters. The molecule has 1 rings (SSSR count). The van der Waals surface area contributed by atoms with E-state index >= 15 is 0 Å². The van der Waals surface area contributed by atoms with Crippen LogP contribution in [-0.4, -0.2) is 18.9 Å². The Morgan fingerprint density at radius 3 is 2.50 bits per heavy atom. The van der Waals surface area contributed by atoms with Gasteiger partial charge in [-0.05, 0) is 12.8 Å². The van der Waals surface area contributed by atoms with Crippen LogP contribution in [-0.2, 0) is 0 Å². The number of hydrogen-bond acceptors (Lipinski definition) is 2. The summed E-state index contributed by atoms with van der Waals surface area (Å²) >= 11 is 0. The predicted octanol–water partition coefficient (Wildman–Crippen LogP) is 1.76. The van der Waals surface area contributed by atoms with Gasteiger partial charge in [-0.2, -0.15) is 0 Å².